The fraction of sp³-hybridized carbons (Fsp3) is 0.529. The Labute approximate surface area is 134 Å². The molecule has 1 aromatic heterocycles. The molecule has 4 nitrogen and oxygen atoms in total. The van der Waals surface area contributed by atoms with Crippen LogP contribution < -0.4 is 5.32 Å². The van der Waals surface area contributed by atoms with Crippen molar-refractivity contribution in [3.63, 3.8) is 0 Å². The Bertz CT molecular complexity index is 605. The first-order chi connectivity index (χ1) is 10.3. The second-order valence-electron chi connectivity index (χ2n) is 6.88. The van der Waals surface area contributed by atoms with Crippen molar-refractivity contribution in [1.29, 1.82) is 0 Å². The molecule has 2 rings (SSSR count). The maximum absolute atomic E-state index is 12.2. The molecule has 1 aromatic rings. The minimum absolute atomic E-state index is 0.00365. The molecular weight excluding hydrogens is 290 g/mol. The SMILES string of the molecule is Cc1ccnc(NC(=O)CN2CCCC2)c1C#C[Si](C)(C)C. The van der Waals surface area contributed by atoms with Crippen molar-refractivity contribution >= 4 is 19.8 Å². The number of carbonyl (C=O) groups is 1. The first kappa shape index (κ1) is 16.7. The number of anilines is 1. The van der Waals surface area contributed by atoms with Gasteiger partial charge in [-0.3, -0.25) is 9.69 Å². The maximum atomic E-state index is 12.2. The number of aryl methyl sites for hydroxylation is 1. The molecule has 1 fully saturated rings. The summed E-state index contributed by atoms with van der Waals surface area (Å²) in [6, 6.07) is 1.93. The number of rotatable bonds is 3. The van der Waals surface area contributed by atoms with E-state index in [0.717, 1.165) is 24.2 Å². The summed E-state index contributed by atoms with van der Waals surface area (Å²) in [5.74, 6) is 3.83. The summed E-state index contributed by atoms with van der Waals surface area (Å²) in [5.41, 5.74) is 5.25. The van der Waals surface area contributed by atoms with Crippen LogP contribution in [-0.4, -0.2) is 43.5 Å². The normalized spacial score (nSPS) is 15.3. The number of hydrogen-bond acceptors (Lipinski definition) is 3. The van der Waals surface area contributed by atoms with Gasteiger partial charge in [-0.2, -0.15) is 0 Å². The van der Waals surface area contributed by atoms with Gasteiger partial charge < -0.3 is 5.32 Å². The van der Waals surface area contributed by atoms with E-state index >= 15 is 0 Å². The lowest BCUT2D eigenvalue weighted by Crippen LogP contribution is -2.31. The average Bonchev–Trinajstić information content (AvgIpc) is 2.89. The maximum Gasteiger partial charge on any atom is 0.239 e. The summed E-state index contributed by atoms with van der Waals surface area (Å²) >= 11 is 0. The highest BCUT2D eigenvalue weighted by atomic mass is 28.3. The topological polar surface area (TPSA) is 45.2 Å². The van der Waals surface area contributed by atoms with Crippen molar-refractivity contribution in [2.45, 2.75) is 39.4 Å². The van der Waals surface area contributed by atoms with E-state index in [4.69, 9.17) is 0 Å². The molecule has 1 saturated heterocycles. The zero-order chi connectivity index (χ0) is 16.2. The van der Waals surface area contributed by atoms with Crippen LogP contribution in [0.4, 0.5) is 5.82 Å². The van der Waals surface area contributed by atoms with Gasteiger partial charge in [-0.25, -0.2) is 4.98 Å². The zero-order valence-corrected chi connectivity index (χ0v) is 15.0. The number of nitrogens with one attached hydrogen (secondary N) is 1. The molecule has 118 valence electrons. The van der Waals surface area contributed by atoms with Gasteiger partial charge in [0.05, 0.1) is 12.1 Å². The fourth-order valence-electron chi connectivity index (χ4n) is 2.38. The van der Waals surface area contributed by atoms with Gasteiger partial charge in [0.15, 0.2) is 0 Å². The van der Waals surface area contributed by atoms with E-state index < -0.39 is 8.07 Å². The molecule has 5 heteroatoms. The third kappa shape index (κ3) is 4.97. The average molecular weight is 315 g/mol. The van der Waals surface area contributed by atoms with E-state index in [-0.39, 0.29) is 5.91 Å². The molecule has 1 amide bonds. The molecule has 1 N–H and O–H groups in total. The highest BCUT2D eigenvalue weighted by molar-refractivity contribution is 6.83. The third-order valence-corrected chi connectivity index (χ3v) is 4.42. The molecule has 0 unspecified atom stereocenters. The van der Waals surface area contributed by atoms with Crippen LogP contribution in [-0.2, 0) is 4.79 Å². The van der Waals surface area contributed by atoms with Crippen molar-refractivity contribution in [1.82, 2.24) is 9.88 Å². The van der Waals surface area contributed by atoms with Crippen molar-refractivity contribution in [2.24, 2.45) is 0 Å². The van der Waals surface area contributed by atoms with Gasteiger partial charge in [-0.15, -0.1) is 5.54 Å². The molecular formula is C17H25N3OSi. The summed E-state index contributed by atoms with van der Waals surface area (Å²) < 4.78 is 0. The molecule has 0 saturated carbocycles. The van der Waals surface area contributed by atoms with Crippen LogP contribution in [0.3, 0.4) is 0 Å². The van der Waals surface area contributed by atoms with E-state index in [2.05, 4.69) is 46.3 Å². The molecule has 2 heterocycles. The predicted molar refractivity (Wildman–Crippen MR) is 93.5 cm³/mol. The molecule has 0 aliphatic carbocycles. The molecule has 22 heavy (non-hydrogen) atoms. The lowest BCUT2D eigenvalue weighted by Gasteiger charge is -2.15. The summed E-state index contributed by atoms with van der Waals surface area (Å²) in [6.07, 6.45) is 4.09. The van der Waals surface area contributed by atoms with Crippen LogP contribution in [0.15, 0.2) is 12.3 Å². The van der Waals surface area contributed by atoms with Crippen molar-refractivity contribution < 1.29 is 4.79 Å². The number of nitrogens with zero attached hydrogens (tertiary/aromatic N) is 2. The Hall–Kier alpha value is -1.64. The van der Waals surface area contributed by atoms with Gasteiger partial charge in [0, 0.05) is 6.20 Å². The largest absolute Gasteiger partial charge is 0.309 e. The molecule has 0 atom stereocenters. The predicted octanol–water partition coefficient (Wildman–Crippen LogP) is 2.65. The quantitative estimate of drug-likeness (QED) is 0.689. The van der Waals surface area contributed by atoms with Gasteiger partial charge >= 0.3 is 0 Å². The minimum atomic E-state index is -1.47. The van der Waals surface area contributed by atoms with Crippen molar-refractivity contribution in [2.75, 3.05) is 25.0 Å². The zero-order valence-electron chi connectivity index (χ0n) is 14.0. The van der Waals surface area contributed by atoms with E-state index in [0.29, 0.717) is 12.4 Å². The Morgan fingerprint density at radius 2 is 2.05 bits per heavy atom. The standard InChI is InChI=1S/C17H25N3OSi/c1-14-7-9-18-17(15(14)8-12-22(2,3)4)19-16(21)13-20-10-5-6-11-20/h7,9H,5-6,10-11,13H2,1-4H3,(H,18,19,21). The number of carbonyl (C=O) groups excluding carboxylic acids is 1. The summed E-state index contributed by atoms with van der Waals surface area (Å²) in [4.78, 5) is 18.7. The lowest BCUT2D eigenvalue weighted by atomic mass is 10.1. The van der Waals surface area contributed by atoms with Gasteiger partial charge in [0.2, 0.25) is 5.91 Å². The Kier molecular flexibility index (Phi) is 5.38. The monoisotopic (exact) mass is 315 g/mol. The summed E-state index contributed by atoms with van der Waals surface area (Å²) in [7, 11) is -1.47. The second kappa shape index (κ2) is 7.08. The first-order valence-corrected chi connectivity index (χ1v) is 11.4. The molecule has 0 aromatic carbocycles. The highest BCUT2D eigenvalue weighted by Crippen LogP contribution is 2.16. The van der Waals surface area contributed by atoms with Crippen molar-refractivity contribution in [3.8, 4) is 11.5 Å². The van der Waals surface area contributed by atoms with E-state index in [1.165, 1.54) is 12.8 Å². The molecule has 0 spiro atoms. The Morgan fingerprint density at radius 3 is 2.68 bits per heavy atom. The smallest absolute Gasteiger partial charge is 0.239 e. The third-order valence-electron chi connectivity index (χ3n) is 3.55. The van der Waals surface area contributed by atoms with E-state index in [1.807, 2.05) is 13.0 Å². The fourth-order valence-corrected chi connectivity index (χ4v) is 2.88. The number of aromatic nitrogens is 1. The molecule has 0 bridgehead atoms. The summed E-state index contributed by atoms with van der Waals surface area (Å²) in [5, 5.41) is 2.94. The van der Waals surface area contributed by atoms with Crippen LogP contribution in [0.25, 0.3) is 0 Å². The van der Waals surface area contributed by atoms with Gasteiger partial charge in [0.1, 0.15) is 13.9 Å². The van der Waals surface area contributed by atoms with E-state index in [1.54, 1.807) is 6.20 Å². The number of amides is 1. The number of pyridine rings is 1. The van der Waals surface area contributed by atoms with Crippen LogP contribution in [0.5, 0.6) is 0 Å². The number of likely N-dealkylation sites (tertiary alicyclic amines) is 1. The van der Waals surface area contributed by atoms with E-state index in [9.17, 15) is 4.79 Å². The molecule has 0 radical (unpaired) electrons. The molecule has 1 aliphatic rings. The summed E-state index contributed by atoms with van der Waals surface area (Å²) in [6.45, 7) is 11.1. The Morgan fingerprint density at radius 1 is 1.36 bits per heavy atom. The second-order valence-corrected chi connectivity index (χ2v) is 11.6. The minimum Gasteiger partial charge on any atom is -0.309 e. The Balaban J connectivity index is 2.14. The highest BCUT2D eigenvalue weighted by Gasteiger charge is 2.17. The van der Waals surface area contributed by atoms with Crippen LogP contribution in [0.1, 0.15) is 24.0 Å². The van der Waals surface area contributed by atoms with Crippen LogP contribution in [0.2, 0.25) is 19.6 Å². The molecule has 1 aliphatic heterocycles. The van der Waals surface area contributed by atoms with Crippen LogP contribution >= 0.6 is 0 Å². The first-order valence-electron chi connectivity index (χ1n) is 7.86. The van der Waals surface area contributed by atoms with Crippen LogP contribution in [0, 0.1) is 18.4 Å². The lowest BCUT2D eigenvalue weighted by molar-refractivity contribution is -0.117. The van der Waals surface area contributed by atoms with Gasteiger partial charge in [-0.05, 0) is 44.5 Å². The van der Waals surface area contributed by atoms with Gasteiger partial charge in [0.25, 0.3) is 0 Å². The number of hydrogen-bond donors (Lipinski definition) is 1. The van der Waals surface area contributed by atoms with Crippen molar-refractivity contribution in [3.05, 3.63) is 23.4 Å². The van der Waals surface area contributed by atoms with Gasteiger partial charge in [-0.1, -0.05) is 25.6 Å².